The second-order valence-electron chi connectivity index (χ2n) is 5.66. The maximum atomic E-state index is 9.87. The fourth-order valence-corrected chi connectivity index (χ4v) is 2.28. The van der Waals surface area contributed by atoms with Crippen molar-refractivity contribution in [3.05, 3.63) is 0 Å². The Morgan fingerprint density at radius 1 is 1.16 bits per heavy atom. The summed E-state index contributed by atoms with van der Waals surface area (Å²) in [5, 5.41) is 9.87. The third-order valence-electron chi connectivity index (χ3n) is 3.93. The molecule has 0 bridgehead atoms. The number of hydrogen-bond acceptors (Lipinski definition) is 5. The molecule has 0 amide bonds. The number of hydrogen-bond donors (Lipinski definition) is 1. The highest BCUT2D eigenvalue weighted by Crippen LogP contribution is 2.32. The molecule has 0 aromatic heterocycles. The van der Waals surface area contributed by atoms with Crippen molar-refractivity contribution in [3.63, 3.8) is 0 Å². The van der Waals surface area contributed by atoms with E-state index in [-0.39, 0.29) is 17.9 Å². The van der Waals surface area contributed by atoms with Gasteiger partial charge in [-0.05, 0) is 19.8 Å². The number of aliphatic imine (C=N–C) groups is 2. The number of methoxy groups -OCH3 is 2. The van der Waals surface area contributed by atoms with Crippen LogP contribution in [0.5, 0.6) is 0 Å². The highest BCUT2D eigenvalue weighted by atomic mass is 16.5. The molecule has 0 saturated carbocycles. The molecule has 1 aliphatic heterocycles. The van der Waals surface area contributed by atoms with Gasteiger partial charge in [-0.15, -0.1) is 0 Å². The summed E-state index contributed by atoms with van der Waals surface area (Å²) in [5.41, 5.74) is -0.695. The molecule has 110 valence electrons. The average molecular weight is 270 g/mol. The number of nitrogens with zero attached hydrogens (tertiary/aromatic N) is 2. The first kappa shape index (κ1) is 16.0. The minimum absolute atomic E-state index is 0.121. The van der Waals surface area contributed by atoms with Crippen LogP contribution in [0.15, 0.2) is 9.98 Å². The summed E-state index contributed by atoms with van der Waals surface area (Å²) in [6.45, 7) is 9.74. The Bertz CT molecular complexity index is 377. The Morgan fingerprint density at radius 2 is 1.74 bits per heavy atom. The Labute approximate surface area is 115 Å². The molecule has 1 rings (SSSR count). The van der Waals surface area contributed by atoms with Crippen LogP contribution < -0.4 is 0 Å². The first-order valence-electron chi connectivity index (χ1n) is 6.72. The minimum atomic E-state index is -0.695. The topological polar surface area (TPSA) is 63.4 Å². The Balaban J connectivity index is 3.25. The second kappa shape index (κ2) is 5.90. The standard InChI is InChI=1S/C14H26N2O3/c1-8(2)11-12(18-6)16-14(5,9(3)10(4)17)13(15-11)19-7/h8-11,17H,1-7H3/t9?,10?,11-,14+/m0/s1. The van der Waals surface area contributed by atoms with Gasteiger partial charge in [-0.25, -0.2) is 9.98 Å². The van der Waals surface area contributed by atoms with E-state index in [0.29, 0.717) is 11.8 Å². The lowest BCUT2D eigenvalue weighted by atomic mass is 9.82. The molecule has 0 radical (unpaired) electrons. The summed E-state index contributed by atoms with van der Waals surface area (Å²) in [7, 11) is 3.20. The predicted octanol–water partition coefficient (Wildman–Crippen LogP) is 1.89. The quantitative estimate of drug-likeness (QED) is 0.851. The van der Waals surface area contributed by atoms with Crippen molar-refractivity contribution < 1.29 is 14.6 Å². The maximum absolute atomic E-state index is 9.87. The maximum Gasteiger partial charge on any atom is 0.212 e. The molecule has 0 fully saturated rings. The fourth-order valence-electron chi connectivity index (χ4n) is 2.28. The Kier molecular flexibility index (Phi) is 4.96. The van der Waals surface area contributed by atoms with E-state index in [9.17, 15) is 5.11 Å². The van der Waals surface area contributed by atoms with E-state index in [1.54, 1.807) is 21.1 Å². The molecule has 0 saturated heterocycles. The molecular weight excluding hydrogens is 244 g/mol. The van der Waals surface area contributed by atoms with Crippen LogP contribution in [0.1, 0.15) is 34.6 Å². The van der Waals surface area contributed by atoms with Crippen molar-refractivity contribution in [1.29, 1.82) is 0 Å². The molecule has 0 spiro atoms. The number of aliphatic hydroxyl groups excluding tert-OH is 1. The monoisotopic (exact) mass is 270 g/mol. The van der Waals surface area contributed by atoms with Crippen LogP contribution in [-0.2, 0) is 9.47 Å². The third-order valence-corrected chi connectivity index (χ3v) is 3.93. The van der Waals surface area contributed by atoms with Crippen molar-refractivity contribution in [2.45, 2.75) is 52.3 Å². The molecule has 1 N–H and O–H groups in total. The van der Waals surface area contributed by atoms with Gasteiger partial charge in [0.25, 0.3) is 0 Å². The van der Waals surface area contributed by atoms with Crippen LogP contribution in [0, 0.1) is 11.8 Å². The van der Waals surface area contributed by atoms with Crippen molar-refractivity contribution >= 4 is 11.8 Å². The molecule has 0 aliphatic carbocycles. The summed E-state index contributed by atoms with van der Waals surface area (Å²) in [6, 6.07) is -0.130. The predicted molar refractivity (Wildman–Crippen MR) is 76.8 cm³/mol. The van der Waals surface area contributed by atoms with Crippen LogP contribution >= 0.6 is 0 Å². The van der Waals surface area contributed by atoms with Crippen LogP contribution in [0.3, 0.4) is 0 Å². The minimum Gasteiger partial charge on any atom is -0.483 e. The number of ether oxygens (including phenoxy) is 2. The number of aliphatic hydroxyl groups is 1. The van der Waals surface area contributed by atoms with Crippen molar-refractivity contribution in [3.8, 4) is 0 Å². The molecule has 1 heterocycles. The van der Waals surface area contributed by atoms with Crippen LogP contribution in [0.4, 0.5) is 0 Å². The molecule has 2 unspecified atom stereocenters. The van der Waals surface area contributed by atoms with Crippen molar-refractivity contribution in [2.24, 2.45) is 21.8 Å². The molecular formula is C14H26N2O3. The molecule has 4 atom stereocenters. The summed E-state index contributed by atoms with van der Waals surface area (Å²) >= 11 is 0. The third kappa shape index (κ3) is 2.91. The van der Waals surface area contributed by atoms with E-state index in [1.165, 1.54) is 0 Å². The van der Waals surface area contributed by atoms with Crippen LogP contribution in [0.25, 0.3) is 0 Å². The normalized spacial score (nSPS) is 30.5. The largest absolute Gasteiger partial charge is 0.483 e. The van der Waals surface area contributed by atoms with Crippen molar-refractivity contribution in [1.82, 2.24) is 0 Å². The fraction of sp³-hybridized carbons (Fsp3) is 0.857. The Morgan fingerprint density at radius 3 is 2.11 bits per heavy atom. The zero-order chi connectivity index (χ0) is 14.8. The zero-order valence-corrected chi connectivity index (χ0v) is 13.0. The molecule has 5 nitrogen and oxygen atoms in total. The highest BCUT2D eigenvalue weighted by molar-refractivity contribution is 5.96. The molecule has 1 aliphatic rings. The van der Waals surface area contributed by atoms with Gasteiger partial charge in [0, 0.05) is 5.92 Å². The van der Waals surface area contributed by atoms with Gasteiger partial charge in [0.15, 0.2) is 0 Å². The van der Waals surface area contributed by atoms with E-state index in [1.807, 2.05) is 13.8 Å². The summed E-state index contributed by atoms with van der Waals surface area (Å²) in [4.78, 5) is 9.32. The van der Waals surface area contributed by atoms with Gasteiger partial charge in [-0.1, -0.05) is 20.8 Å². The summed E-state index contributed by atoms with van der Waals surface area (Å²) < 4.78 is 10.8. The lowest BCUT2D eigenvalue weighted by molar-refractivity contribution is 0.101. The average Bonchev–Trinajstić information content (AvgIpc) is 2.36. The van der Waals surface area contributed by atoms with Gasteiger partial charge in [0.2, 0.25) is 11.8 Å². The first-order valence-corrected chi connectivity index (χ1v) is 6.72. The Hall–Kier alpha value is -1.10. The van der Waals surface area contributed by atoms with E-state index in [4.69, 9.17) is 9.47 Å². The lowest BCUT2D eigenvalue weighted by Crippen LogP contribution is -2.51. The van der Waals surface area contributed by atoms with Crippen LogP contribution in [-0.4, -0.2) is 48.8 Å². The van der Waals surface area contributed by atoms with Gasteiger partial charge >= 0.3 is 0 Å². The van der Waals surface area contributed by atoms with E-state index >= 15 is 0 Å². The summed E-state index contributed by atoms with van der Waals surface area (Å²) in [5.74, 6) is 1.31. The summed E-state index contributed by atoms with van der Waals surface area (Å²) in [6.07, 6.45) is -0.511. The molecule has 0 aromatic rings. The molecule has 5 heteroatoms. The van der Waals surface area contributed by atoms with E-state index in [2.05, 4.69) is 23.8 Å². The van der Waals surface area contributed by atoms with Gasteiger partial charge in [-0.3, -0.25) is 0 Å². The van der Waals surface area contributed by atoms with E-state index < -0.39 is 11.6 Å². The molecule has 19 heavy (non-hydrogen) atoms. The van der Waals surface area contributed by atoms with Gasteiger partial charge in [0.05, 0.1) is 20.3 Å². The smallest absolute Gasteiger partial charge is 0.212 e. The molecule has 0 aromatic carbocycles. The second-order valence-corrected chi connectivity index (χ2v) is 5.66. The number of rotatable bonds is 3. The van der Waals surface area contributed by atoms with E-state index in [0.717, 1.165) is 0 Å². The van der Waals surface area contributed by atoms with Gasteiger partial charge in [-0.2, -0.15) is 0 Å². The SMILES string of the molecule is COC1=N[C@](C)(C(C)C(C)O)C(OC)=N[C@H]1C(C)C. The van der Waals surface area contributed by atoms with Gasteiger partial charge < -0.3 is 14.6 Å². The zero-order valence-electron chi connectivity index (χ0n) is 13.0. The highest BCUT2D eigenvalue weighted by Gasteiger charge is 2.45. The van der Waals surface area contributed by atoms with Gasteiger partial charge in [0.1, 0.15) is 11.6 Å². The van der Waals surface area contributed by atoms with Crippen LogP contribution in [0.2, 0.25) is 0 Å². The lowest BCUT2D eigenvalue weighted by Gasteiger charge is -2.38. The van der Waals surface area contributed by atoms with Crippen molar-refractivity contribution in [2.75, 3.05) is 14.2 Å². The first-order chi connectivity index (χ1) is 8.77.